The van der Waals surface area contributed by atoms with Gasteiger partial charge in [0.25, 0.3) is 0 Å². The van der Waals surface area contributed by atoms with E-state index in [1.807, 2.05) is 25.2 Å². The zero-order valence-electron chi connectivity index (χ0n) is 8.54. The Balaban J connectivity index is 2.97. The third-order valence-corrected chi connectivity index (χ3v) is 2.31. The average molecular weight is 178 g/mol. The first-order chi connectivity index (χ1) is 6.16. The maximum atomic E-state index is 5.89. The van der Waals surface area contributed by atoms with Crippen molar-refractivity contribution in [1.82, 2.24) is 5.32 Å². The number of anilines is 1. The Labute approximate surface area is 80.1 Å². The lowest BCUT2D eigenvalue weighted by Crippen LogP contribution is -2.22. The molecule has 0 radical (unpaired) electrons. The number of benzene rings is 1. The standard InChI is InChI=1S/C11H18N2/c1-8(2)11(13-3)9-6-4-5-7-10(9)12/h4-8,11,13H,12H2,1-3H3. The summed E-state index contributed by atoms with van der Waals surface area (Å²) in [5.74, 6) is 0.551. The summed E-state index contributed by atoms with van der Waals surface area (Å²) in [7, 11) is 1.97. The number of nitrogens with two attached hydrogens (primary N) is 1. The molecule has 1 aromatic carbocycles. The van der Waals surface area contributed by atoms with Crippen molar-refractivity contribution in [3.05, 3.63) is 29.8 Å². The van der Waals surface area contributed by atoms with Gasteiger partial charge < -0.3 is 11.1 Å². The van der Waals surface area contributed by atoms with E-state index in [0.717, 1.165) is 5.69 Å². The van der Waals surface area contributed by atoms with Gasteiger partial charge in [-0.2, -0.15) is 0 Å². The van der Waals surface area contributed by atoms with Crippen molar-refractivity contribution in [2.75, 3.05) is 12.8 Å². The Morgan fingerprint density at radius 3 is 2.31 bits per heavy atom. The summed E-state index contributed by atoms with van der Waals surface area (Å²) < 4.78 is 0. The van der Waals surface area contributed by atoms with Crippen molar-refractivity contribution in [3.8, 4) is 0 Å². The van der Waals surface area contributed by atoms with Crippen molar-refractivity contribution < 1.29 is 0 Å². The van der Waals surface area contributed by atoms with Crippen LogP contribution in [0.3, 0.4) is 0 Å². The molecule has 0 amide bonds. The average Bonchev–Trinajstić information content (AvgIpc) is 2.09. The molecule has 2 heteroatoms. The Morgan fingerprint density at radius 2 is 1.85 bits per heavy atom. The molecule has 0 fully saturated rings. The molecule has 0 aliphatic carbocycles. The molecule has 13 heavy (non-hydrogen) atoms. The number of nitrogens with one attached hydrogen (secondary N) is 1. The van der Waals surface area contributed by atoms with E-state index < -0.39 is 0 Å². The zero-order valence-corrected chi connectivity index (χ0v) is 8.54. The predicted molar refractivity (Wildman–Crippen MR) is 57.5 cm³/mol. The van der Waals surface area contributed by atoms with Crippen LogP contribution in [0.2, 0.25) is 0 Å². The van der Waals surface area contributed by atoms with Crippen LogP contribution in [0.4, 0.5) is 5.69 Å². The molecule has 0 aliphatic heterocycles. The molecular weight excluding hydrogens is 160 g/mol. The summed E-state index contributed by atoms with van der Waals surface area (Å²) in [4.78, 5) is 0. The number of rotatable bonds is 3. The van der Waals surface area contributed by atoms with Crippen LogP contribution < -0.4 is 11.1 Å². The molecule has 0 heterocycles. The molecule has 0 aromatic heterocycles. The Morgan fingerprint density at radius 1 is 1.23 bits per heavy atom. The fourth-order valence-electron chi connectivity index (χ4n) is 1.64. The molecule has 1 aromatic rings. The van der Waals surface area contributed by atoms with Gasteiger partial charge in [-0.05, 0) is 24.6 Å². The maximum absolute atomic E-state index is 5.89. The van der Waals surface area contributed by atoms with Crippen LogP contribution in [-0.4, -0.2) is 7.05 Å². The van der Waals surface area contributed by atoms with Crippen molar-refractivity contribution in [2.24, 2.45) is 5.92 Å². The summed E-state index contributed by atoms with van der Waals surface area (Å²) in [5.41, 5.74) is 7.96. The second-order valence-corrected chi connectivity index (χ2v) is 3.64. The number of nitrogen functional groups attached to an aromatic ring is 1. The normalized spacial score (nSPS) is 13.2. The SMILES string of the molecule is CNC(c1ccccc1N)C(C)C. The van der Waals surface area contributed by atoms with Crippen molar-refractivity contribution >= 4 is 5.69 Å². The van der Waals surface area contributed by atoms with Crippen LogP contribution in [0.15, 0.2) is 24.3 Å². The van der Waals surface area contributed by atoms with Crippen LogP contribution in [0.5, 0.6) is 0 Å². The molecule has 0 aliphatic rings. The van der Waals surface area contributed by atoms with E-state index in [9.17, 15) is 0 Å². The van der Waals surface area contributed by atoms with Gasteiger partial charge in [0.2, 0.25) is 0 Å². The summed E-state index contributed by atoms with van der Waals surface area (Å²) in [6, 6.07) is 8.37. The van der Waals surface area contributed by atoms with E-state index in [1.165, 1.54) is 5.56 Å². The Hall–Kier alpha value is -1.02. The van der Waals surface area contributed by atoms with E-state index in [4.69, 9.17) is 5.73 Å². The first-order valence-corrected chi connectivity index (χ1v) is 4.68. The minimum Gasteiger partial charge on any atom is -0.398 e. The van der Waals surface area contributed by atoms with Gasteiger partial charge in [-0.25, -0.2) is 0 Å². The second-order valence-electron chi connectivity index (χ2n) is 3.64. The van der Waals surface area contributed by atoms with Gasteiger partial charge in [0.1, 0.15) is 0 Å². The van der Waals surface area contributed by atoms with E-state index in [-0.39, 0.29) is 0 Å². The van der Waals surface area contributed by atoms with E-state index in [0.29, 0.717) is 12.0 Å². The van der Waals surface area contributed by atoms with Gasteiger partial charge in [0, 0.05) is 11.7 Å². The van der Waals surface area contributed by atoms with Crippen molar-refractivity contribution in [1.29, 1.82) is 0 Å². The third kappa shape index (κ3) is 2.22. The highest BCUT2D eigenvalue weighted by Crippen LogP contribution is 2.25. The van der Waals surface area contributed by atoms with Gasteiger partial charge >= 0.3 is 0 Å². The highest BCUT2D eigenvalue weighted by atomic mass is 14.9. The van der Waals surface area contributed by atoms with Crippen LogP contribution in [0.25, 0.3) is 0 Å². The lowest BCUT2D eigenvalue weighted by molar-refractivity contribution is 0.444. The smallest absolute Gasteiger partial charge is 0.0362 e. The molecule has 72 valence electrons. The van der Waals surface area contributed by atoms with Gasteiger partial charge in [0.15, 0.2) is 0 Å². The number of hydrogen-bond acceptors (Lipinski definition) is 2. The van der Waals surface area contributed by atoms with Crippen molar-refractivity contribution in [2.45, 2.75) is 19.9 Å². The first kappa shape index (κ1) is 10.1. The summed E-state index contributed by atoms with van der Waals surface area (Å²) in [6.45, 7) is 4.38. The molecule has 2 nitrogen and oxygen atoms in total. The first-order valence-electron chi connectivity index (χ1n) is 4.68. The van der Waals surface area contributed by atoms with Crippen LogP contribution >= 0.6 is 0 Å². The highest BCUT2D eigenvalue weighted by Gasteiger charge is 2.14. The largest absolute Gasteiger partial charge is 0.398 e. The van der Waals surface area contributed by atoms with Crippen molar-refractivity contribution in [3.63, 3.8) is 0 Å². The minimum absolute atomic E-state index is 0.348. The highest BCUT2D eigenvalue weighted by molar-refractivity contribution is 5.48. The van der Waals surface area contributed by atoms with E-state index in [2.05, 4.69) is 25.2 Å². The summed E-state index contributed by atoms with van der Waals surface area (Å²) in [5, 5.41) is 3.28. The molecule has 0 spiro atoms. The fraction of sp³-hybridized carbons (Fsp3) is 0.455. The van der Waals surface area contributed by atoms with Crippen LogP contribution in [-0.2, 0) is 0 Å². The van der Waals surface area contributed by atoms with Gasteiger partial charge in [0.05, 0.1) is 0 Å². The predicted octanol–water partition coefficient (Wildman–Crippen LogP) is 2.19. The lowest BCUT2D eigenvalue weighted by Gasteiger charge is -2.21. The Bertz CT molecular complexity index is 269. The number of para-hydroxylation sites is 1. The van der Waals surface area contributed by atoms with Gasteiger partial charge in [-0.15, -0.1) is 0 Å². The zero-order chi connectivity index (χ0) is 9.84. The summed E-state index contributed by atoms with van der Waals surface area (Å²) >= 11 is 0. The van der Waals surface area contributed by atoms with E-state index in [1.54, 1.807) is 0 Å². The molecule has 0 saturated carbocycles. The molecule has 0 bridgehead atoms. The molecule has 1 atom stereocenters. The fourth-order valence-corrected chi connectivity index (χ4v) is 1.64. The minimum atomic E-state index is 0.348. The summed E-state index contributed by atoms with van der Waals surface area (Å²) in [6.07, 6.45) is 0. The Kier molecular flexibility index (Phi) is 3.32. The molecule has 0 saturated heterocycles. The maximum Gasteiger partial charge on any atom is 0.0362 e. The van der Waals surface area contributed by atoms with Gasteiger partial charge in [-0.3, -0.25) is 0 Å². The van der Waals surface area contributed by atoms with Crippen LogP contribution in [0.1, 0.15) is 25.5 Å². The molecule has 1 rings (SSSR count). The quantitative estimate of drug-likeness (QED) is 0.696. The third-order valence-electron chi connectivity index (χ3n) is 2.31. The topological polar surface area (TPSA) is 38.0 Å². The molecule has 1 unspecified atom stereocenters. The molecule has 3 N–H and O–H groups in total. The number of hydrogen-bond donors (Lipinski definition) is 2. The second kappa shape index (κ2) is 4.28. The van der Waals surface area contributed by atoms with E-state index >= 15 is 0 Å². The monoisotopic (exact) mass is 178 g/mol. The van der Waals surface area contributed by atoms with Gasteiger partial charge in [-0.1, -0.05) is 32.0 Å². The van der Waals surface area contributed by atoms with Crippen LogP contribution in [0, 0.1) is 5.92 Å². The molecular formula is C11H18N2. The lowest BCUT2D eigenvalue weighted by atomic mass is 9.95.